The minimum absolute atomic E-state index is 0.00403. The lowest BCUT2D eigenvalue weighted by atomic mass is 9.99. The number of hydrogen-bond acceptors (Lipinski definition) is 3. The SMILES string of the molecule is Cc1ccc(NC(=O)CNC(=O)C2CCOCC2)cc1. The van der Waals surface area contributed by atoms with Crippen molar-refractivity contribution in [3.05, 3.63) is 29.8 Å². The highest BCUT2D eigenvalue weighted by molar-refractivity contribution is 5.94. The number of nitrogens with one attached hydrogen (secondary N) is 2. The maximum Gasteiger partial charge on any atom is 0.243 e. The van der Waals surface area contributed by atoms with Crippen LogP contribution in [-0.2, 0) is 14.3 Å². The number of ether oxygens (including phenoxy) is 1. The monoisotopic (exact) mass is 276 g/mol. The van der Waals surface area contributed by atoms with Crippen molar-refractivity contribution in [3.63, 3.8) is 0 Å². The molecule has 1 aliphatic heterocycles. The molecule has 5 nitrogen and oxygen atoms in total. The Bertz CT molecular complexity index is 465. The van der Waals surface area contributed by atoms with Gasteiger partial charge >= 0.3 is 0 Å². The number of rotatable bonds is 4. The highest BCUT2D eigenvalue weighted by Crippen LogP contribution is 2.14. The normalized spacial score (nSPS) is 15.7. The number of benzene rings is 1. The predicted octanol–water partition coefficient (Wildman–Crippen LogP) is 1.48. The lowest BCUT2D eigenvalue weighted by molar-refractivity contribution is -0.129. The average molecular weight is 276 g/mol. The highest BCUT2D eigenvalue weighted by atomic mass is 16.5. The summed E-state index contributed by atoms with van der Waals surface area (Å²) in [5.74, 6) is -0.308. The summed E-state index contributed by atoms with van der Waals surface area (Å²) in [6.07, 6.45) is 1.46. The fraction of sp³-hybridized carbons (Fsp3) is 0.467. The zero-order chi connectivity index (χ0) is 14.4. The van der Waals surface area contributed by atoms with Crippen LogP contribution in [0.5, 0.6) is 0 Å². The van der Waals surface area contributed by atoms with Crippen LogP contribution in [0.1, 0.15) is 18.4 Å². The Labute approximate surface area is 118 Å². The first kappa shape index (κ1) is 14.5. The minimum atomic E-state index is -0.214. The van der Waals surface area contributed by atoms with E-state index in [1.807, 2.05) is 31.2 Å². The third-order valence-corrected chi connectivity index (χ3v) is 3.35. The molecule has 0 radical (unpaired) electrons. The average Bonchev–Trinajstić information content (AvgIpc) is 2.48. The molecule has 1 aromatic rings. The zero-order valence-electron chi connectivity index (χ0n) is 11.6. The molecule has 2 rings (SSSR count). The molecule has 20 heavy (non-hydrogen) atoms. The molecule has 0 saturated carbocycles. The van der Waals surface area contributed by atoms with Crippen molar-refractivity contribution < 1.29 is 14.3 Å². The number of hydrogen-bond donors (Lipinski definition) is 2. The van der Waals surface area contributed by atoms with Crippen LogP contribution in [0.15, 0.2) is 24.3 Å². The lowest BCUT2D eigenvalue weighted by Gasteiger charge is -2.21. The van der Waals surface area contributed by atoms with Gasteiger partial charge in [0.2, 0.25) is 11.8 Å². The quantitative estimate of drug-likeness (QED) is 0.875. The molecular weight excluding hydrogens is 256 g/mol. The second-order valence-corrected chi connectivity index (χ2v) is 5.02. The number of aryl methyl sites for hydroxylation is 1. The molecule has 2 amide bonds. The Morgan fingerprint density at radius 2 is 1.85 bits per heavy atom. The van der Waals surface area contributed by atoms with Crippen LogP contribution in [-0.4, -0.2) is 31.6 Å². The van der Waals surface area contributed by atoms with Crippen LogP contribution in [0.4, 0.5) is 5.69 Å². The summed E-state index contributed by atoms with van der Waals surface area (Å²) >= 11 is 0. The number of carbonyl (C=O) groups is 2. The number of amides is 2. The molecule has 0 atom stereocenters. The Morgan fingerprint density at radius 3 is 2.50 bits per heavy atom. The third kappa shape index (κ3) is 4.35. The smallest absolute Gasteiger partial charge is 0.243 e. The summed E-state index contributed by atoms with van der Waals surface area (Å²) in [6.45, 7) is 3.23. The largest absolute Gasteiger partial charge is 0.381 e. The van der Waals surface area contributed by atoms with Crippen LogP contribution >= 0.6 is 0 Å². The van der Waals surface area contributed by atoms with Crippen molar-refractivity contribution in [2.45, 2.75) is 19.8 Å². The summed E-state index contributed by atoms with van der Waals surface area (Å²) in [6, 6.07) is 7.54. The first-order chi connectivity index (χ1) is 9.65. The van der Waals surface area contributed by atoms with E-state index in [1.54, 1.807) is 0 Å². The van der Waals surface area contributed by atoms with Crippen molar-refractivity contribution in [1.29, 1.82) is 0 Å². The summed E-state index contributed by atoms with van der Waals surface area (Å²) in [5.41, 5.74) is 1.87. The van der Waals surface area contributed by atoms with E-state index in [4.69, 9.17) is 4.74 Å². The van der Waals surface area contributed by atoms with Gasteiger partial charge < -0.3 is 15.4 Å². The van der Waals surface area contributed by atoms with Gasteiger partial charge in [0.1, 0.15) is 0 Å². The van der Waals surface area contributed by atoms with Crippen LogP contribution in [0.2, 0.25) is 0 Å². The molecule has 1 aliphatic rings. The van der Waals surface area contributed by atoms with E-state index in [-0.39, 0.29) is 24.3 Å². The highest BCUT2D eigenvalue weighted by Gasteiger charge is 2.21. The van der Waals surface area contributed by atoms with E-state index in [0.29, 0.717) is 13.2 Å². The minimum Gasteiger partial charge on any atom is -0.381 e. The van der Waals surface area contributed by atoms with Gasteiger partial charge in [-0.05, 0) is 31.9 Å². The first-order valence-corrected chi connectivity index (χ1v) is 6.87. The second-order valence-electron chi connectivity index (χ2n) is 5.02. The molecule has 0 bridgehead atoms. The molecule has 0 unspecified atom stereocenters. The van der Waals surface area contributed by atoms with E-state index in [2.05, 4.69) is 10.6 Å². The molecule has 2 N–H and O–H groups in total. The Hall–Kier alpha value is -1.88. The second kappa shape index (κ2) is 7.05. The maximum absolute atomic E-state index is 11.9. The van der Waals surface area contributed by atoms with Crippen LogP contribution in [0.25, 0.3) is 0 Å². The van der Waals surface area contributed by atoms with Gasteiger partial charge in [-0.1, -0.05) is 17.7 Å². The van der Waals surface area contributed by atoms with E-state index >= 15 is 0 Å². The standard InChI is InChI=1S/C15H20N2O3/c1-11-2-4-13(5-3-11)17-14(18)10-16-15(19)12-6-8-20-9-7-12/h2-5,12H,6-10H2,1H3,(H,16,19)(H,17,18). The fourth-order valence-corrected chi connectivity index (χ4v) is 2.11. The summed E-state index contributed by atoms with van der Waals surface area (Å²) in [5, 5.41) is 5.43. The number of carbonyl (C=O) groups excluding carboxylic acids is 2. The molecule has 1 aromatic carbocycles. The van der Waals surface area contributed by atoms with E-state index in [9.17, 15) is 9.59 Å². The Balaban J connectivity index is 1.74. The zero-order valence-corrected chi connectivity index (χ0v) is 11.6. The predicted molar refractivity (Wildman–Crippen MR) is 76.4 cm³/mol. The lowest BCUT2D eigenvalue weighted by Crippen LogP contribution is -2.38. The van der Waals surface area contributed by atoms with Crippen molar-refractivity contribution in [2.24, 2.45) is 5.92 Å². The van der Waals surface area contributed by atoms with E-state index in [0.717, 1.165) is 24.1 Å². The van der Waals surface area contributed by atoms with Crippen LogP contribution in [0, 0.1) is 12.8 Å². The molecule has 5 heteroatoms. The van der Waals surface area contributed by atoms with Crippen LogP contribution in [0.3, 0.4) is 0 Å². The molecule has 1 fully saturated rings. The third-order valence-electron chi connectivity index (χ3n) is 3.35. The molecule has 0 aliphatic carbocycles. The molecular formula is C15H20N2O3. The van der Waals surface area contributed by atoms with Gasteiger partial charge in [-0.2, -0.15) is 0 Å². The van der Waals surface area contributed by atoms with Gasteiger partial charge in [0.15, 0.2) is 0 Å². The van der Waals surface area contributed by atoms with E-state index in [1.165, 1.54) is 0 Å². The van der Waals surface area contributed by atoms with E-state index < -0.39 is 0 Å². The summed E-state index contributed by atoms with van der Waals surface area (Å²) in [4.78, 5) is 23.6. The van der Waals surface area contributed by atoms with Crippen molar-refractivity contribution in [2.75, 3.05) is 25.1 Å². The van der Waals surface area contributed by atoms with Gasteiger partial charge in [-0.3, -0.25) is 9.59 Å². The topological polar surface area (TPSA) is 67.4 Å². The Kier molecular flexibility index (Phi) is 5.12. The fourth-order valence-electron chi connectivity index (χ4n) is 2.11. The summed E-state index contributed by atoms with van der Waals surface area (Å²) in [7, 11) is 0. The molecule has 1 heterocycles. The molecule has 0 aromatic heterocycles. The van der Waals surface area contributed by atoms with Crippen molar-refractivity contribution >= 4 is 17.5 Å². The molecule has 0 spiro atoms. The summed E-state index contributed by atoms with van der Waals surface area (Å²) < 4.78 is 5.20. The van der Waals surface area contributed by atoms with Crippen molar-refractivity contribution in [3.8, 4) is 0 Å². The van der Waals surface area contributed by atoms with Gasteiger partial charge in [0.05, 0.1) is 6.54 Å². The maximum atomic E-state index is 11.9. The molecule has 1 saturated heterocycles. The van der Waals surface area contributed by atoms with Gasteiger partial charge in [0, 0.05) is 24.8 Å². The van der Waals surface area contributed by atoms with Gasteiger partial charge in [0.25, 0.3) is 0 Å². The molecule has 108 valence electrons. The van der Waals surface area contributed by atoms with Gasteiger partial charge in [-0.25, -0.2) is 0 Å². The van der Waals surface area contributed by atoms with Crippen LogP contribution < -0.4 is 10.6 Å². The number of anilines is 1. The van der Waals surface area contributed by atoms with Gasteiger partial charge in [-0.15, -0.1) is 0 Å². The first-order valence-electron chi connectivity index (χ1n) is 6.87. The Morgan fingerprint density at radius 1 is 1.20 bits per heavy atom. The van der Waals surface area contributed by atoms with Crippen molar-refractivity contribution in [1.82, 2.24) is 5.32 Å².